The summed E-state index contributed by atoms with van der Waals surface area (Å²) < 4.78 is 50.9. The molecule has 0 N–H and O–H groups in total. The van der Waals surface area contributed by atoms with Crippen molar-refractivity contribution in [1.82, 2.24) is 4.98 Å². The quantitative estimate of drug-likeness (QED) is 0.512. The molecule has 0 radical (unpaired) electrons. The van der Waals surface area contributed by atoms with Crippen molar-refractivity contribution in [3.63, 3.8) is 0 Å². The second-order valence-electron chi connectivity index (χ2n) is 7.37. The Morgan fingerprint density at radius 2 is 1.90 bits per heavy atom. The molecule has 5 nitrogen and oxygen atoms in total. The zero-order chi connectivity index (χ0) is 21.4. The first kappa shape index (κ1) is 21.0. The molecule has 1 aromatic carbocycles. The first-order valence-corrected chi connectivity index (χ1v) is 9.57. The van der Waals surface area contributed by atoms with E-state index in [1.54, 1.807) is 39.0 Å². The van der Waals surface area contributed by atoms with Crippen molar-refractivity contribution in [1.29, 1.82) is 5.26 Å². The fourth-order valence-electron chi connectivity index (χ4n) is 2.63. The van der Waals surface area contributed by atoms with Gasteiger partial charge in [-0.15, -0.1) is 0 Å². The maximum Gasteiger partial charge on any atom is 0.417 e. The molecular formula is C20H17F3N2O3S. The number of nitrogens with zero attached hydrogens (tertiary/aromatic N) is 2. The average Bonchev–Trinajstić information content (AvgIpc) is 3.11. The van der Waals surface area contributed by atoms with Gasteiger partial charge in [0.05, 0.1) is 16.9 Å². The van der Waals surface area contributed by atoms with Crippen molar-refractivity contribution in [2.75, 3.05) is 12.5 Å². The van der Waals surface area contributed by atoms with Gasteiger partial charge in [0.1, 0.15) is 11.1 Å². The lowest BCUT2D eigenvalue weighted by Crippen LogP contribution is -2.19. The Labute approximate surface area is 169 Å². The summed E-state index contributed by atoms with van der Waals surface area (Å²) in [5.74, 6) is 0.460. The summed E-state index contributed by atoms with van der Waals surface area (Å²) >= 11 is 0.813. The summed E-state index contributed by atoms with van der Waals surface area (Å²) in [6.45, 7) is 5.26. The lowest BCUT2D eigenvalue weighted by molar-refractivity contribution is -0.138. The van der Waals surface area contributed by atoms with Crippen LogP contribution in [0, 0.1) is 11.3 Å². The highest BCUT2D eigenvalue weighted by Gasteiger charge is 2.37. The maximum absolute atomic E-state index is 13.5. The molecule has 0 fully saturated rings. The molecule has 0 unspecified atom stereocenters. The Hall–Kier alpha value is -2.73. The highest BCUT2D eigenvalue weighted by Crippen LogP contribution is 2.38. The molecule has 1 aromatic heterocycles. The summed E-state index contributed by atoms with van der Waals surface area (Å²) in [5, 5.41) is 9.22. The summed E-state index contributed by atoms with van der Waals surface area (Å²) in [6.07, 6.45) is -4.70. The molecule has 0 atom stereocenters. The van der Waals surface area contributed by atoms with E-state index in [4.69, 9.17) is 9.47 Å². The van der Waals surface area contributed by atoms with Crippen LogP contribution in [0.4, 0.5) is 13.2 Å². The van der Waals surface area contributed by atoms with E-state index < -0.39 is 22.7 Å². The van der Waals surface area contributed by atoms with E-state index in [2.05, 4.69) is 4.98 Å². The van der Waals surface area contributed by atoms with Gasteiger partial charge in [-0.1, -0.05) is 32.5 Å². The standard InChI is InChI=1S/C20H17F3N2O3S/c1-19(2,3)17-7-13(20(21,22)23)12(8-24)18(25-17)29-9-14(26)11-4-5-15-16(6-11)28-10-27-15/h4-7H,9-10H2,1-3H3. The Morgan fingerprint density at radius 1 is 1.21 bits per heavy atom. The Kier molecular flexibility index (Phi) is 5.50. The van der Waals surface area contributed by atoms with Crippen LogP contribution in [0.3, 0.4) is 0 Å². The minimum atomic E-state index is -4.70. The van der Waals surface area contributed by atoms with Crippen LogP contribution in [0.5, 0.6) is 11.5 Å². The first-order valence-electron chi connectivity index (χ1n) is 8.59. The lowest BCUT2D eigenvalue weighted by Gasteiger charge is -2.21. The van der Waals surface area contributed by atoms with Gasteiger partial charge in [-0.2, -0.15) is 18.4 Å². The topological polar surface area (TPSA) is 72.2 Å². The van der Waals surface area contributed by atoms with E-state index in [-0.39, 0.29) is 29.0 Å². The number of alkyl halides is 3. The number of benzene rings is 1. The van der Waals surface area contributed by atoms with Gasteiger partial charge in [-0.3, -0.25) is 4.79 Å². The third-order valence-electron chi connectivity index (χ3n) is 4.21. The van der Waals surface area contributed by atoms with Gasteiger partial charge in [0.2, 0.25) is 6.79 Å². The second kappa shape index (κ2) is 7.59. The van der Waals surface area contributed by atoms with E-state index in [9.17, 15) is 23.2 Å². The molecule has 0 saturated heterocycles. The number of pyridine rings is 1. The Balaban J connectivity index is 1.91. The van der Waals surface area contributed by atoms with E-state index in [0.29, 0.717) is 17.1 Å². The van der Waals surface area contributed by atoms with Crippen LogP contribution in [0.15, 0.2) is 29.3 Å². The number of carbonyl (C=O) groups excluding carboxylic acids is 1. The van der Waals surface area contributed by atoms with E-state index in [1.807, 2.05) is 0 Å². The number of rotatable bonds is 4. The number of thioether (sulfide) groups is 1. The molecule has 2 aromatic rings. The molecule has 1 aliphatic rings. The lowest BCUT2D eigenvalue weighted by atomic mass is 9.90. The predicted octanol–water partition coefficient (Wildman–Crippen LogP) is 4.97. The first-order chi connectivity index (χ1) is 13.5. The molecule has 0 aliphatic carbocycles. The van der Waals surface area contributed by atoms with Gasteiger partial charge in [-0.05, 0) is 24.3 Å². The maximum atomic E-state index is 13.5. The summed E-state index contributed by atoms with van der Waals surface area (Å²) in [7, 11) is 0. The highest BCUT2D eigenvalue weighted by molar-refractivity contribution is 8.00. The van der Waals surface area contributed by atoms with E-state index >= 15 is 0 Å². The number of hydrogen-bond donors (Lipinski definition) is 0. The van der Waals surface area contributed by atoms with Crippen molar-refractivity contribution in [2.45, 2.75) is 37.4 Å². The normalized spacial score (nSPS) is 13.3. The van der Waals surface area contributed by atoms with Gasteiger partial charge in [0.25, 0.3) is 0 Å². The minimum absolute atomic E-state index is 0.0665. The smallest absolute Gasteiger partial charge is 0.417 e. The largest absolute Gasteiger partial charge is 0.454 e. The van der Waals surface area contributed by atoms with Crippen molar-refractivity contribution < 1.29 is 27.4 Å². The van der Waals surface area contributed by atoms with Crippen molar-refractivity contribution >= 4 is 17.5 Å². The molecular weight excluding hydrogens is 405 g/mol. The third-order valence-corrected chi connectivity index (χ3v) is 5.18. The van der Waals surface area contributed by atoms with Crippen LogP contribution < -0.4 is 9.47 Å². The molecule has 152 valence electrons. The van der Waals surface area contributed by atoms with Crippen molar-refractivity contribution in [3.05, 3.63) is 46.6 Å². The second-order valence-corrected chi connectivity index (χ2v) is 8.34. The van der Waals surface area contributed by atoms with Crippen LogP contribution in [-0.2, 0) is 11.6 Å². The van der Waals surface area contributed by atoms with Gasteiger partial charge in [-0.25, -0.2) is 4.98 Å². The van der Waals surface area contributed by atoms with Crippen molar-refractivity contribution in [2.24, 2.45) is 0 Å². The molecule has 0 saturated carbocycles. The number of carbonyl (C=O) groups is 1. The summed E-state index contributed by atoms with van der Waals surface area (Å²) in [6, 6.07) is 7.18. The van der Waals surface area contributed by atoms with Crippen LogP contribution in [-0.4, -0.2) is 23.3 Å². The molecule has 9 heteroatoms. The fraction of sp³-hybridized carbons (Fsp3) is 0.350. The van der Waals surface area contributed by atoms with Crippen LogP contribution in [0.25, 0.3) is 0 Å². The molecule has 0 spiro atoms. The number of halogens is 3. The zero-order valence-electron chi connectivity index (χ0n) is 15.9. The van der Waals surface area contributed by atoms with Crippen LogP contribution in [0.2, 0.25) is 0 Å². The highest BCUT2D eigenvalue weighted by atomic mass is 32.2. The SMILES string of the molecule is CC(C)(C)c1cc(C(F)(F)F)c(C#N)c(SCC(=O)c2ccc3c(c2)OCO3)n1. The number of ketones is 1. The average molecular weight is 422 g/mol. The zero-order valence-corrected chi connectivity index (χ0v) is 16.7. The van der Waals surface area contributed by atoms with Gasteiger partial charge >= 0.3 is 6.18 Å². The van der Waals surface area contributed by atoms with Gasteiger partial charge < -0.3 is 9.47 Å². The number of aromatic nitrogens is 1. The van der Waals surface area contributed by atoms with Gasteiger partial charge in [0, 0.05) is 16.7 Å². The molecule has 29 heavy (non-hydrogen) atoms. The third kappa shape index (κ3) is 4.48. The molecule has 1 aliphatic heterocycles. The van der Waals surface area contributed by atoms with E-state index in [0.717, 1.165) is 17.8 Å². The minimum Gasteiger partial charge on any atom is -0.454 e. The van der Waals surface area contributed by atoms with Crippen LogP contribution >= 0.6 is 11.8 Å². The number of nitriles is 1. The molecule has 0 amide bonds. The number of Topliss-reactive ketones (excluding diaryl/α,β-unsaturated/α-hetero) is 1. The summed E-state index contributed by atoms with van der Waals surface area (Å²) in [4.78, 5) is 16.8. The van der Waals surface area contributed by atoms with E-state index in [1.165, 1.54) is 6.07 Å². The monoisotopic (exact) mass is 422 g/mol. The number of ether oxygens (including phenoxy) is 2. The Morgan fingerprint density at radius 3 is 2.52 bits per heavy atom. The van der Waals surface area contributed by atoms with Crippen molar-refractivity contribution in [3.8, 4) is 17.6 Å². The number of hydrogen-bond acceptors (Lipinski definition) is 6. The predicted molar refractivity (Wildman–Crippen MR) is 100 cm³/mol. The molecule has 0 bridgehead atoms. The number of fused-ring (bicyclic) bond motifs is 1. The van der Waals surface area contributed by atoms with Crippen LogP contribution in [0.1, 0.15) is 48.0 Å². The summed E-state index contributed by atoms with van der Waals surface area (Å²) in [5.41, 5.74) is -1.75. The van der Waals surface area contributed by atoms with Gasteiger partial charge in [0.15, 0.2) is 17.3 Å². The molecule has 3 rings (SSSR count). The fourth-order valence-corrected chi connectivity index (χ4v) is 3.53. The Bertz CT molecular complexity index is 1010. The molecule has 2 heterocycles.